The minimum Gasteiger partial charge on any atom is -0.207 e. The fourth-order valence-corrected chi connectivity index (χ4v) is 25.3. The van der Waals surface area contributed by atoms with Crippen molar-refractivity contribution in [2.75, 3.05) is 111 Å². The molecule has 0 aliphatic heterocycles. The summed E-state index contributed by atoms with van der Waals surface area (Å²) in [6.07, 6.45) is 20.3. The van der Waals surface area contributed by atoms with Gasteiger partial charge in [0.2, 0.25) is 0 Å². The van der Waals surface area contributed by atoms with Crippen LogP contribution in [0.5, 0.6) is 0 Å². The van der Waals surface area contributed by atoms with Gasteiger partial charge in [0.15, 0.2) is 69.8 Å². The SMILES string of the molecule is CC[PH+](CC)CC[PH+](CC)CC.CC[PH+](CC)CC[PH+](CC)CC.CC[PH+](CC)CC[PH+](CC)CC.Fc1c(F)c(F)c([B-](c2c(F)c(F)c(F)c(F)c2F)(c2c(F)c(F)c(F)c(F)c2F)c2c(F)c(F)c(F)c(F)c2F)c(F)c1F.[Re]. The number of rotatable bonds is 25. The molecule has 0 aromatic heterocycles. The fourth-order valence-electron chi connectivity index (χ4n) is 9.56. The minimum atomic E-state index is -7.22. The molecule has 0 fully saturated rings. The third kappa shape index (κ3) is 19.1. The van der Waals surface area contributed by atoms with E-state index in [2.05, 4.69) is 83.1 Å². The van der Waals surface area contributed by atoms with E-state index in [9.17, 15) is 52.7 Å². The summed E-state index contributed by atoms with van der Waals surface area (Å²) >= 11 is 0. The van der Waals surface area contributed by atoms with Crippen LogP contribution in [0.3, 0.4) is 0 Å². The maximum absolute atomic E-state index is 15.4. The van der Waals surface area contributed by atoms with Crippen LogP contribution < -0.4 is 21.9 Å². The maximum atomic E-state index is 15.4. The Bertz CT molecular complexity index is 2140. The van der Waals surface area contributed by atoms with Gasteiger partial charge in [0.05, 0.1) is 111 Å². The van der Waals surface area contributed by atoms with Crippen molar-refractivity contribution >= 4 is 75.5 Å². The van der Waals surface area contributed by atoms with Gasteiger partial charge in [0.25, 0.3) is 0 Å². The zero-order chi connectivity index (χ0) is 62.5. The van der Waals surface area contributed by atoms with Crippen LogP contribution in [0.15, 0.2) is 0 Å². The Hall–Kier alpha value is -1.21. The van der Waals surface area contributed by atoms with Gasteiger partial charge in [0, 0.05) is 68.0 Å². The minimum absolute atomic E-state index is 0. The van der Waals surface area contributed by atoms with Crippen LogP contribution in [0, 0.1) is 116 Å². The Kier molecular flexibility index (Phi) is 38.4. The molecule has 0 atom stereocenters. The summed E-state index contributed by atoms with van der Waals surface area (Å²) in [5.41, 5.74) is -14.3. The average molecular weight is 1490 g/mol. The third-order valence-electron chi connectivity index (χ3n) is 15.2. The predicted octanol–water partition coefficient (Wildman–Crippen LogP) is 16.3. The van der Waals surface area contributed by atoms with Gasteiger partial charge in [-0.25, -0.2) is 87.8 Å². The fraction of sp³-hybridized carbons (Fsp3) is 0.556. The van der Waals surface area contributed by atoms with Crippen LogP contribution in [0.4, 0.5) is 87.8 Å². The summed E-state index contributed by atoms with van der Waals surface area (Å²) in [5.74, 6) is -71.4. The molecule has 1 radical (unpaired) electrons. The third-order valence-corrected chi connectivity index (χ3v) is 34.4. The van der Waals surface area contributed by atoms with Crippen LogP contribution >= 0.6 is 47.5 Å². The number of hydrogen-bond donors (Lipinski definition) is 0. The molecule has 469 valence electrons. The normalized spacial score (nSPS) is 11.6. The van der Waals surface area contributed by atoms with E-state index >= 15 is 35.1 Å². The molecular weight excluding hydrogens is 1410 g/mol. The molecule has 82 heavy (non-hydrogen) atoms. The van der Waals surface area contributed by atoms with Crippen molar-refractivity contribution < 1.29 is 108 Å². The first-order chi connectivity index (χ1) is 38.0. The first-order valence-electron chi connectivity index (χ1n) is 27.3. The first kappa shape index (κ1) is 80.8. The Morgan fingerprint density at radius 3 is 0.354 bits per heavy atom. The van der Waals surface area contributed by atoms with Gasteiger partial charge in [-0.2, -0.15) is 0 Å². The van der Waals surface area contributed by atoms with Gasteiger partial charge in [-0.05, 0) is 83.1 Å². The molecule has 4 rings (SSSR count). The van der Waals surface area contributed by atoms with Gasteiger partial charge >= 0.3 is 0 Å². The van der Waals surface area contributed by atoms with E-state index in [1.807, 2.05) is 0 Å². The molecule has 0 nitrogen and oxygen atoms in total. The topological polar surface area (TPSA) is 0 Å². The number of benzene rings is 4. The maximum Gasteiger partial charge on any atom is 0.200 e. The van der Waals surface area contributed by atoms with E-state index < -0.39 is 144 Å². The van der Waals surface area contributed by atoms with Gasteiger partial charge in [-0.15, -0.1) is 21.9 Å². The molecule has 28 heteroatoms. The van der Waals surface area contributed by atoms with E-state index in [-0.39, 0.29) is 68.0 Å². The van der Waals surface area contributed by atoms with E-state index in [0.717, 1.165) is 0 Å². The number of halogens is 20. The summed E-state index contributed by atoms with van der Waals surface area (Å²) < 4.78 is 294. The molecule has 0 saturated heterocycles. The van der Waals surface area contributed by atoms with Crippen LogP contribution in [-0.2, 0) is 20.4 Å². The number of hydrogen-bond acceptors (Lipinski definition) is 0. The summed E-state index contributed by atoms with van der Waals surface area (Å²) in [6, 6.07) is 0. The van der Waals surface area contributed by atoms with Gasteiger partial charge < -0.3 is 0 Å². The summed E-state index contributed by atoms with van der Waals surface area (Å²) in [4.78, 5) is 0. The Balaban J connectivity index is 0.00000143. The molecule has 0 heterocycles. The van der Waals surface area contributed by atoms with Crippen LogP contribution in [0.1, 0.15) is 83.1 Å². The van der Waals surface area contributed by atoms with Crippen LogP contribution in [-0.4, -0.2) is 117 Å². The Labute approximate surface area is 491 Å². The molecular formula is C54H78BF20P6Re+5. The second-order valence-corrected chi connectivity index (χ2v) is 39.5. The first-order valence-corrected chi connectivity index (χ1v) is 40.0. The molecule has 0 spiro atoms. The molecule has 0 N–H and O–H groups in total. The van der Waals surface area contributed by atoms with Crippen molar-refractivity contribution in [2.45, 2.75) is 83.1 Å². The van der Waals surface area contributed by atoms with Crippen molar-refractivity contribution in [3.8, 4) is 0 Å². The average Bonchev–Trinajstić information content (AvgIpc) is 3.47. The molecule has 0 amide bonds. The molecule has 0 aliphatic rings. The summed E-state index contributed by atoms with van der Waals surface area (Å²) in [7, 11) is 0.524. The molecule has 0 unspecified atom stereocenters. The quantitative estimate of drug-likeness (QED) is 0.0204. The zero-order valence-electron chi connectivity index (χ0n) is 48.2. The van der Waals surface area contributed by atoms with E-state index in [0.29, 0.717) is 0 Å². The Morgan fingerprint density at radius 1 is 0.183 bits per heavy atom. The van der Waals surface area contributed by atoms with Crippen LogP contribution in [0.2, 0.25) is 0 Å². The van der Waals surface area contributed by atoms with Crippen LogP contribution in [0.25, 0.3) is 0 Å². The van der Waals surface area contributed by atoms with Crippen molar-refractivity contribution in [1.82, 2.24) is 0 Å². The second-order valence-electron chi connectivity index (χ2n) is 19.0. The molecule has 0 saturated carbocycles. The predicted molar refractivity (Wildman–Crippen MR) is 315 cm³/mol. The van der Waals surface area contributed by atoms with Crippen molar-refractivity contribution in [3.05, 3.63) is 116 Å². The van der Waals surface area contributed by atoms with E-state index in [1.54, 1.807) is 37.0 Å². The summed E-state index contributed by atoms with van der Waals surface area (Å²) in [6.45, 7) is 28.5. The molecule has 0 bridgehead atoms. The van der Waals surface area contributed by atoms with Gasteiger partial charge in [0.1, 0.15) is 52.7 Å². The van der Waals surface area contributed by atoms with E-state index in [4.69, 9.17) is 0 Å². The van der Waals surface area contributed by atoms with E-state index in [1.165, 1.54) is 73.9 Å². The zero-order valence-corrected chi connectivity index (χ0v) is 57.0. The van der Waals surface area contributed by atoms with Crippen molar-refractivity contribution in [2.24, 2.45) is 0 Å². The van der Waals surface area contributed by atoms with Crippen molar-refractivity contribution in [3.63, 3.8) is 0 Å². The standard InChI is InChI=1S/C24BF20.3C10H24P2.Re/c26-5-1(6(27)14(35)21(42)13(5)34)25(2-7(28)15(36)22(43)16(37)8(2)29,3-9(30)17(38)23(44)18(39)10(3)31)4-11(32)19(40)24(45)20(41)12(4)33;3*1-5-11(6-2)9-10-12(7-3)8-4;/h;3*5-10H2,1-4H3;/q-1;;;;/p+6. The Morgan fingerprint density at radius 2 is 0.268 bits per heavy atom. The van der Waals surface area contributed by atoms with Crippen molar-refractivity contribution in [1.29, 1.82) is 0 Å². The monoisotopic (exact) mass is 1490 g/mol. The summed E-state index contributed by atoms with van der Waals surface area (Å²) in [5, 5.41) is 0. The smallest absolute Gasteiger partial charge is 0.200 e. The molecule has 4 aromatic rings. The second kappa shape index (κ2) is 38.9. The largest absolute Gasteiger partial charge is 0.207 e. The molecule has 0 aliphatic carbocycles. The van der Waals surface area contributed by atoms with Gasteiger partial charge in [-0.1, -0.05) is 0 Å². The van der Waals surface area contributed by atoms with Gasteiger partial charge in [-0.3, -0.25) is 0 Å². The molecule has 4 aromatic carbocycles.